The summed E-state index contributed by atoms with van der Waals surface area (Å²) in [6, 6.07) is 6.22. The zero-order valence-corrected chi connectivity index (χ0v) is 17.5. The van der Waals surface area contributed by atoms with Crippen LogP contribution in [0.25, 0.3) is 0 Å². The van der Waals surface area contributed by atoms with Gasteiger partial charge in [-0.15, -0.1) is 0 Å². The summed E-state index contributed by atoms with van der Waals surface area (Å²) in [4.78, 5) is 16.8. The molecular formula is C21H23F3N6O2. The number of ether oxygens (including phenoxy) is 1. The van der Waals surface area contributed by atoms with Crippen LogP contribution in [0.5, 0.6) is 5.75 Å². The van der Waals surface area contributed by atoms with E-state index in [9.17, 15) is 18.0 Å². The molecule has 1 saturated heterocycles. The molecule has 32 heavy (non-hydrogen) atoms. The molecule has 8 nitrogen and oxygen atoms in total. The van der Waals surface area contributed by atoms with E-state index in [1.165, 1.54) is 16.8 Å². The molecule has 0 saturated carbocycles. The van der Waals surface area contributed by atoms with Gasteiger partial charge < -0.3 is 9.64 Å². The van der Waals surface area contributed by atoms with Crippen molar-refractivity contribution in [2.75, 3.05) is 26.2 Å². The molecule has 1 amide bonds. The number of carbonyl (C=O) groups excluding carboxylic acids is 1. The molecule has 1 aromatic carbocycles. The molecule has 1 aliphatic heterocycles. The van der Waals surface area contributed by atoms with E-state index < -0.39 is 11.7 Å². The lowest BCUT2D eigenvalue weighted by molar-refractivity contribution is -0.137. The average Bonchev–Trinajstić information content (AvgIpc) is 3.41. The third kappa shape index (κ3) is 5.28. The lowest BCUT2D eigenvalue weighted by Crippen LogP contribution is -2.48. The number of rotatable bonds is 6. The Morgan fingerprint density at radius 3 is 2.62 bits per heavy atom. The van der Waals surface area contributed by atoms with Gasteiger partial charge >= 0.3 is 6.18 Å². The first-order valence-electron chi connectivity index (χ1n) is 10.1. The number of hydrogen-bond donors (Lipinski definition) is 0. The van der Waals surface area contributed by atoms with Gasteiger partial charge in [-0.3, -0.25) is 14.4 Å². The third-order valence-corrected chi connectivity index (χ3v) is 5.21. The van der Waals surface area contributed by atoms with Gasteiger partial charge in [-0.2, -0.15) is 23.4 Å². The molecule has 3 aromatic rings. The molecule has 170 valence electrons. The molecule has 0 N–H and O–H groups in total. The number of alkyl halides is 3. The molecule has 3 heterocycles. The number of amides is 1. The van der Waals surface area contributed by atoms with E-state index in [0.717, 1.165) is 37.3 Å². The van der Waals surface area contributed by atoms with Gasteiger partial charge in [0.05, 0.1) is 11.8 Å². The third-order valence-electron chi connectivity index (χ3n) is 5.21. The number of piperazine rings is 1. The van der Waals surface area contributed by atoms with Crippen molar-refractivity contribution in [1.82, 2.24) is 29.4 Å². The van der Waals surface area contributed by atoms with Crippen molar-refractivity contribution < 1.29 is 22.7 Å². The molecule has 0 unspecified atom stereocenters. The zero-order valence-electron chi connectivity index (χ0n) is 17.5. The van der Waals surface area contributed by atoms with Crippen LogP contribution in [0.15, 0.2) is 48.9 Å². The fourth-order valence-electron chi connectivity index (χ4n) is 3.53. The van der Waals surface area contributed by atoms with E-state index in [0.29, 0.717) is 13.1 Å². The topological polar surface area (TPSA) is 68.4 Å². The van der Waals surface area contributed by atoms with Gasteiger partial charge in [0, 0.05) is 57.7 Å². The van der Waals surface area contributed by atoms with Gasteiger partial charge in [0.1, 0.15) is 5.75 Å². The number of nitrogens with zero attached hydrogens (tertiary/aromatic N) is 6. The standard InChI is InChI=1S/C21H23F3N6O2/c1-27-13-16(12-25-27)14-28-7-9-29(10-8-28)20(31)19-5-6-30(26-19)15-32-18-4-2-3-17(11-18)21(22,23)24/h2-6,11-13H,7-10,14-15H2,1H3. The van der Waals surface area contributed by atoms with E-state index in [2.05, 4.69) is 15.1 Å². The van der Waals surface area contributed by atoms with Crippen molar-refractivity contribution in [3.05, 3.63) is 65.7 Å². The normalized spacial score (nSPS) is 15.2. The first-order chi connectivity index (χ1) is 15.3. The summed E-state index contributed by atoms with van der Waals surface area (Å²) in [5, 5.41) is 8.39. The number of hydrogen-bond acceptors (Lipinski definition) is 5. The second-order valence-electron chi connectivity index (χ2n) is 7.63. The highest BCUT2D eigenvalue weighted by Crippen LogP contribution is 2.31. The van der Waals surface area contributed by atoms with Crippen LogP contribution in [0.1, 0.15) is 21.6 Å². The SMILES string of the molecule is Cn1cc(CN2CCN(C(=O)c3ccn(COc4cccc(C(F)(F)F)c4)n3)CC2)cn1. The van der Waals surface area contributed by atoms with Crippen LogP contribution in [0.4, 0.5) is 13.2 Å². The van der Waals surface area contributed by atoms with E-state index in [-0.39, 0.29) is 24.1 Å². The van der Waals surface area contributed by atoms with Crippen molar-refractivity contribution in [1.29, 1.82) is 0 Å². The minimum atomic E-state index is -4.44. The number of benzene rings is 1. The lowest BCUT2D eigenvalue weighted by atomic mass is 10.2. The van der Waals surface area contributed by atoms with E-state index >= 15 is 0 Å². The second-order valence-corrected chi connectivity index (χ2v) is 7.63. The van der Waals surface area contributed by atoms with Crippen LogP contribution in [0.2, 0.25) is 0 Å². The molecular weight excluding hydrogens is 425 g/mol. The summed E-state index contributed by atoms with van der Waals surface area (Å²) in [6.07, 6.45) is 0.948. The Morgan fingerprint density at radius 1 is 1.16 bits per heavy atom. The first kappa shape index (κ1) is 21.9. The number of carbonyl (C=O) groups is 1. The Hall–Kier alpha value is -3.34. The highest BCUT2D eigenvalue weighted by atomic mass is 19.4. The Labute approximate surface area is 182 Å². The number of halogens is 3. The largest absolute Gasteiger partial charge is 0.471 e. The number of aromatic nitrogens is 4. The van der Waals surface area contributed by atoms with Crippen molar-refractivity contribution >= 4 is 5.91 Å². The average molecular weight is 448 g/mol. The quantitative estimate of drug-likeness (QED) is 0.580. The highest BCUT2D eigenvalue weighted by Gasteiger charge is 2.30. The van der Waals surface area contributed by atoms with Gasteiger partial charge in [-0.25, -0.2) is 4.68 Å². The monoisotopic (exact) mass is 448 g/mol. The maximum atomic E-state index is 12.8. The van der Waals surface area contributed by atoms with Crippen LogP contribution in [0, 0.1) is 0 Å². The van der Waals surface area contributed by atoms with Crippen LogP contribution in [-0.4, -0.2) is 61.4 Å². The fraction of sp³-hybridized carbons (Fsp3) is 0.381. The summed E-state index contributed by atoms with van der Waals surface area (Å²) in [5.41, 5.74) is 0.624. The van der Waals surface area contributed by atoms with Crippen molar-refractivity contribution in [3.63, 3.8) is 0 Å². The molecule has 0 spiro atoms. The molecule has 0 bridgehead atoms. The summed E-state index contributed by atoms with van der Waals surface area (Å²) in [6.45, 7) is 3.37. The van der Waals surface area contributed by atoms with E-state index in [1.54, 1.807) is 21.8 Å². The predicted molar refractivity (Wildman–Crippen MR) is 109 cm³/mol. The van der Waals surface area contributed by atoms with Gasteiger partial charge in [0.2, 0.25) is 0 Å². The van der Waals surface area contributed by atoms with Crippen LogP contribution in [-0.2, 0) is 26.5 Å². The van der Waals surface area contributed by atoms with E-state index in [1.807, 2.05) is 19.4 Å². The van der Waals surface area contributed by atoms with Crippen LogP contribution in [0.3, 0.4) is 0 Å². The molecule has 0 radical (unpaired) electrons. The Kier molecular flexibility index (Phi) is 6.17. The molecule has 1 aliphatic rings. The number of aryl methyl sites for hydroxylation is 1. The molecule has 0 aliphatic carbocycles. The smallest absolute Gasteiger partial charge is 0.416 e. The second kappa shape index (κ2) is 9.03. The molecule has 0 atom stereocenters. The Bertz CT molecular complexity index is 1070. The van der Waals surface area contributed by atoms with Crippen molar-refractivity contribution in [2.45, 2.75) is 19.5 Å². The zero-order chi connectivity index (χ0) is 22.7. The molecule has 1 fully saturated rings. The summed E-state index contributed by atoms with van der Waals surface area (Å²) >= 11 is 0. The minimum Gasteiger partial charge on any atom is -0.471 e. The van der Waals surface area contributed by atoms with Gasteiger partial charge in [-0.1, -0.05) is 6.07 Å². The van der Waals surface area contributed by atoms with Crippen LogP contribution >= 0.6 is 0 Å². The molecule has 2 aromatic heterocycles. The fourth-order valence-corrected chi connectivity index (χ4v) is 3.53. The first-order valence-corrected chi connectivity index (χ1v) is 10.1. The maximum absolute atomic E-state index is 12.8. The highest BCUT2D eigenvalue weighted by molar-refractivity contribution is 5.92. The summed E-state index contributed by atoms with van der Waals surface area (Å²) in [7, 11) is 1.88. The summed E-state index contributed by atoms with van der Waals surface area (Å²) in [5.74, 6) is -0.100. The van der Waals surface area contributed by atoms with Crippen molar-refractivity contribution in [3.8, 4) is 5.75 Å². The molecule has 4 rings (SSSR count). The molecule has 11 heteroatoms. The van der Waals surface area contributed by atoms with Crippen LogP contribution < -0.4 is 4.74 Å². The van der Waals surface area contributed by atoms with E-state index in [4.69, 9.17) is 4.74 Å². The summed E-state index contributed by atoms with van der Waals surface area (Å²) < 4.78 is 47.0. The van der Waals surface area contributed by atoms with Crippen molar-refractivity contribution in [2.24, 2.45) is 7.05 Å². The Morgan fingerprint density at radius 2 is 1.94 bits per heavy atom. The maximum Gasteiger partial charge on any atom is 0.416 e. The van der Waals surface area contributed by atoms with Gasteiger partial charge in [-0.05, 0) is 24.3 Å². The van der Waals surface area contributed by atoms with Gasteiger partial charge in [0.25, 0.3) is 5.91 Å². The lowest BCUT2D eigenvalue weighted by Gasteiger charge is -2.34. The minimum absolute atomic E-state index is 0.0768. The van der Waals surface area contributed by atoms with Gasteiger partial charge in [0.15, 0.2) is 12.4 Å². The predicted octanol–water partition coefficient (Wildman–Crippen LogP) is 2.63. The Balaban J connectivity index is 1.28.